The lowest BCUT2D eigenvalue weighted by Crippen LogP contribution is -2.74. The van der Waals surface area contributed by atoms with Gasteiger partial charge in [0.25, 0.3) is 0 Å². The van der Waals surface area contributed by atoms with Crippen LogP contribution in [0.25, 0.3) is 0 Å². The van der Waals surface area contributed by atoms with Gasteiger partial charge in [0.1, 0.15) is 18.6 Å². The van der Waals surface area contributed by atoms with Gasteiger partial charge in [0.2, 0.25) is 0 Å². The molecule has 1 aliphatic carbocycles. The minimum Gasteiger partial charge on any atom is -0.377 e. The van der Waals surface area contributed by atoms with Gasteiger partial charge in [-0.1, -0.05) is 11.6 Å². The highest BCUT2D eigenvalue weighted by atomic mass is 19.4. The van der Waals surface area contributed by atoms with Crippen molar-refractivity contribution < 1.29 is 22.3 Å². The van der Waals surface area contributed by atoms with Crippen molar-refractivity contribution in [2.75, 3.05) is 19.7 Å². The van der Waals surface area contributed by atoms with E-state index in [9.17, 15) is 17.6 Å². The minimum atomic E-state index is -4.64. The Kier molecular flexibility index (Phi) is 7.01. The fourth-order valence-electron chi connectivity index (χ4n) is 5.51. The third-order valence-electron chi connectivity index (χ3n) is 6.88. The zero-order chi connectivity index (χ0) is 21.3. The number of rotatable bonds is 4. The molecule has 3 fully saturated rings. The number of hydrogen-bond acceptors (Lipinski definition) is 6. The van der Waals surface area contributed by atoms with Crippen LogP contribution in [0, 0.1) is 11.8 Å². The number of halogens is 4. The summed E-state index contributed by atoms with van der Waals surface area (Å²) in [6.45, 7) is 4.21. The van der Waals surface area contributed by atoms with Crippen LogP contribution in [0.5, 0.6) is 0 Å². The summed E-state index contributed by atoms with van der Waals surface area (Å²) in [5.74, 6) is 0.764. The van der Waals surface area contributed by atoms with Crippen LogP contribution in [-0.4, -0.2) is 62.8 Å². The molecule has 172 valence electrons. The number of nitrogens with one attached hydrogen (secondary N) is 5. The molecule has 1 saturated carbocycles. The molecule has 8 atom stereocenters. The van der Waals surface area contributed by atoms with Crippen LogP contribution in [-0.2, 0) is 4.74 Å². The van der Waals surface area contributed by atoms with Crippen LogP contribution in [0.15, 0.2) is 11.6 Å². The van der Waals surface area contributed by atoms with Crippen LogP contribution in [0.2, 0.25) is 0 Å². The molecule has 30 heavy (non-hydrogen) atoms. The van der Waals surface area contributed by atoms with Crippen molar-refractivity contribution in [2.24, 2.45) is 11.8 Å². The number of alkyl halides is 4. The predicted molar refractivity (Wildman–Crippen MR) is 105 cm³/mol. The Bertz CT molecular complexity index is 618. The van der Waals surface area contributed by atoms with E-state index >= 15 is 0 Å². The summed E-state index contributed by atoms with van der Waals surface area (Å²) in [5.41, 5.74) is 1.43. The van der Waals surface area contributed by atoms with Gasteiger partial charge >= 0.3 is 6.30 Å². The van der Waals surface area contributed by atoms with E-state index in [4.69, 9.17) is 4.74 Å². The average molecular weight is 436 g/mol. The molecule has 3 heterocycles. The van der Waals surface area contributed by atoms with Crippen molar-refractivity contribution in [3.63, 3.8) is 0 Å². The molecule has 0 amide bonds. The number of hydrogen-bond donors (Lipinski definition) is 5. The van der Waals surface area contributed by atoms with E-state index in [1.165, 1.54) is 10.9 Å². The van der Waals surface area contributed by atoms with E-state index < -0.39 is 31.0 Å². The summed E-state index contributed by atoms with van der Waals surface area (Å²) >= 11 is 0. The highest BCUT2D eigenvalue weighted by molar-refractivity contribution is 5.15. The van der Waals surface area contributed by atoms with E-state index in [1.807, 2.05) is 0 Å². The lowest BCUT2D eigenvalue weighted by molar-refractivity contribution is -0.175. The second kappa shape index (κ2) is 9.38. The standard InChI is InChI=1S/C20H33F4N5O/c1-11-16(21)18(29-20(22,23)24)28-19(26-11)27-14-9-13-5-8-30-17(13)15(10-14)12-3-2-6-25-7-4-12/h4,11,13-19,25-29H,2-3,5-10H2,1H3. The van der Waals surface area contributed by atoms with Gasteiger partial charge in [-0.25, -0.2) is 9.71 Å². The Morgan fingerprint density at radius 1 is 1.20 bits per heavy atom. The summed E-state index contributed by atoms with van der Waals surface area (Å²) < 4.78 is 58.7. The van der Waals surface area contributed by atoms with Crippen molar-refractivity contribution in [1.82, 2.24) is 26.6 Å². The molecule has 0 aromatic heterocycles. The topological polar surface area (TPSA) is 69.4 Å². The average Bonchev–Trinajstić information content (AvgIpc) is 2.97. The second-order valence-electron chi connectivity index (χ2n) is 9.03. The lowest BCUT2D eigenvalue weighted by atomic mass is 9.72. The summed E-state index contributed by atoms with van der Waals surface area (Å²) in [5, 5.41) is 14.0. The zero-order valence-corrected chi connectivity index (χ0v) is 17.3. The molecule has 3 aliphatic heterocycles. The highest BCUT2D eigenvalue weighted by Crippen LogP contribution is 2.42. The Hall–Kier alpha value is -0.780. The third-order valence-corrected chi connectivity index (χ3v) is 6.88. The first kappa shape index (κ1) is 22.4. The number of ether oxygens (including phenoxy) is 1. The van der Waals surface area contributed by atoms with E-state index in [1.54, 1.807) is 6.92 Å². The van der Waals surface area contributed by atoms with Crippen molar-refractivity contribution in [3.8, 4) is 0 Å². The Morgan fingerprint density at radius 3 is 2.83 bits per heavy atom. The maximum Gasteiger partial charge on any atom is 0.458 e. The molecule has 5 N–H and O–H groups in total. The molecular weight excluding hydrogens is 402 g/mol. The summed E-state index contributed by atoms with van der Waals surface area (Å²) in [6, 6.07) is -0.587. The van der Waals surface area contributed by atoms with Crippen LogP contribution in [0.4, 0.5) is 17.6 Å². The Morgan fingerprint density at radius 2 is 2.03 bits per heavy atom. The molecular formula is C20H33F4N5O. The minimum absolute atomic E-state index is 0.120. The molecule has 0 spiro atoms. The monoisotopic (exact) mass is 435 g/mol. The summed E-state index contributed by atoms with van der Waals surface area (Å²) in [7, 11) is 0. The molecule has 4 rings (SSSR count). The fourth-order valence-corrected chi connectivity index (χ4v) is 5.51. The molecule has 10 heteroatoms. The van der Waals surface area contributed by atoms with Gasteiger partial charge in [0.05, 0.1) is 6.10 Å². The van der Waals surface area contributed by atoms with Crippen molar-refractivity contribution >= 4 is 0 Å². The van der Waals surface area contributed by atoms with E-state index in [-0.39, 0.29) is 12.1 Å². The Labute approximate surface area is 174 Å². The summed E-state index contributed by atoms with van der Waals surface area (Å²) in [6.07, 6.45) is -0.958. The quantitative estimate of drug-likeness (QED) is 0.263. The molecule has 0 bridgehead atoms. The number of fused-ring (bicyclic) bond motifs is 1. The molecule has 8 unspecified atom stereocenters. The van der Waals surface area contributed by atoms with Crippen LogP contribution in [0.3, 0.4) is 0 Å². The first-order valence-corrected chi connectivity index (χ1v) is 11.1. The largest absolute Gasteiger partial charge is 0.458 e. The smallest absolute Gasteiger partial charge is 0.377 e. The second-order valence-corrected chi connectivity index (χ2v) is 9.03. The highest BCUT2D eigenvalue weighted by Gasteiger charge is 2.45. The first-order valence-electron chi connectivity index (χ1n) is 11.1. The summed E-state index contributed by atoms with van der Waals surface area (Å²) in [4.78, 5) is 0. The van der Waals surface area contributed by atoms with Gasteiger partial charge in [-0.15, -0.1) is 0 Å². The van der Waals surface area contributed by atoms with E-state index in [0.29, 0.717) is 11.8 Å². The molecule has 2 saturated heterocycles. The fraction of sp³-hybridized carbons (Fsp3) is 0.900. The molecule has 0 aromatic carbocycles. The van der Waals surface area contributed by atoms with Crippen molar-refractivity contribution in [2.45, 2.75) is 82.1 Å². The van der Waals surface area contributed by atoms with Gasteiger partial charge in [-0.3, -0.25) is 16.0 Å². The SMILES string of the molecule is CC1NC(NC2CC3CCOC3C(C3=CCNCCC3)C2)NC(NC(F)(F)F)C1F. The van der Waals surface area contributed by atoms with Crippen LogP contribution in [0.1, 0.15) is 39.0 Å². The third kappa shape index (κ3) is 5.34. The van der Waals surface area contributed by atoms with E-state index in [0.717, 1.165) is 51.8 Å². The van der Waals surface area contributed by atoms with Gasteiger partial charge in [-0.05, 0) is 51.5 Å². The van der Waals surface area contributed by atoms with Gasteiger partial charge in [0, 0.05) is 31.2 Å². The molecule has 0 aromatic rings. The molecule has 4 aliphatic rings. The van der Waals surface area contributed by atoms with Gasteiger partial charge in [-0.2, -0.15) is 13.2 Å². The lowest BCUT2D eigenvalue weighted by Gasteiger charge is -2.44. The zero-order valence-electron chi connectivity index (χ0n) is 17.3. The maximum atomic E-state index is 14.3. The first-order chi connectivity index (χ1) is 14.3. The van der Waals surface area contributed by atoms with Crippen LogP contribution >= 0.6 is 0 Å². The van der Waals surface area contributed by atoms with Crippen molar-refractivity contribution in [1.29, 1.82) is 0 Å². The van der Waals surface area contributed by atoms with Gasteiger partial charge in [0.15, 0.2) is 0 Å². The predicted octanol–water partition coefficient (Wildman–Crippen LogP) is 1.71. The normalized spacial score (nSPS) is 43.0. The maximum absolute atomic E-state index is 14.3. The van der Waals surface area contributed by atoms with Crippen molar-refractivity contribution in [3.05, 3.63) is 11.6 Å². The van der Waals surface area contributed by atoms with Crippen LogP contribution < -0.4 is 26.6 Å². The Balaban J connectivity index is 1.42. The van der Waals surface area contributed by atoms with E-state index in [2.05, 4.69) is 27.3 Å². The van der Waals surface area contributed by atoms with Gasteiger partial charge < -0.3 is 10.1 Å². The molecule has 6 nitrogen and oxygen atoms in total. The molecule has 0 radical (unpaired) electrons.